The van der Waals surface area contributed by atoms with Crippen LogP contribution in [0.2, 0.25) is 0 Å². The third kappa shape index (κ3) is 4.88. The third-order valence-corrected chi connectivity index (χ3v) is 9.18. The Morgan fingerprint density at radius 1 is 1.18 bits per heavy atom. The highest BCUT2D eigenvalue weighted by molar-refractivity contribution is 5.89. The molecule has 2 amide bonds. The predicted octanol–water partition coefficient (Wildman–Crippen LogP) is 4.69. The molecule has 206 valence electrons. The van der Waals surface area contributed by atoms with Gasteiger partial charge in [-0.3, -0.25) is 14.6 Å². The zero-order chi connectivity index (χ0) is 27.1. The minimum absolute atomic E-state index is 0.00718. The van der Waals surface area contributed by atoms with Crippen LogP contribution >= 0.6 is 0 Å². The van der Waals surface area contributed by atoms with Gasteiger partial charge in [0.15, 0.2) is 0 Å². The SMILES string of the molecule is C=CC(=O)N1CCN([C@H](CC23CC(C2)C3)c2ccc([C@H](C)Nc3ncc4c(n3)N(CC)C(=O)OC4)cc2)CC1. The fourth-order valence-electron chi connectivity index (χ4n) is 6.83. The van der Waals surface area contributed by atoms with Gasteiger partial charge in [0.2, 0.25) is 11.9 Å². The molecule has 2 aliphatic heterocycles. The van der Waals surface area contributed by atoms with E-state index in [1.54, 1.807) is 6.20 Å². The summed E-state index contributed by atoms with van der Waals surface area (Å²) >= 11 is 0. The Morgan fingerprint density at radius 2 is 1.87 bits per heavy atom. The maximum atomic E-state index is 12.1. The van der Waals surface area contributed by atoms with Crippen molar-refractivity contribution in [1.82, 2.24) is 19.8 Å². The van der Waals surface area contributed by atoms with E-state index >= 15 is 0 Å². The number of aromatic nitrogens is 2. The molecule has 2 bridgehead atoms. The molecule has 7 rings (SSSR count). The number of piperazine rings is 1. The monoisotopic (exact) mass is 530 g/mol. The number of carbonyl (C=O) groups excluding carboxylic acids is 2. The standard InChI is InChI=1S/C30H38N6O3/c1-4-26(37)35-12-10-34(11-13-35)25(17-30-14-21(15-30)16-30)23-8-6-22(7-9-23)20(3)32-28-31-18-24-19-39-29(38)36(5-2)27(24)33-28/h4,6-9,18,20-21,25H,1,5,10-17,19H2,2-3H3,(H,31,32,33)/t20-,21?,25+,30?/m0/s1. The highest BCUT2D eigenvalue weighted by Crippen LogP contribution is 2.68. The van der Waals surface area contributed by atoms with Crippen LogP contribution in [0, 0.1) is 11.3 Å². The van der Waals surface area contributed by atoms with Crippen molar-refractivity contribution in [3.8, 4) is 0 Å². The Bertz CT molecular complexity index is 1240. The number of nitrogens with one attached hydrogen (secondary N) is 1. The lowest BCUT2D eigenvalue weighted by molar-refractivity contribution is -0.134. The molecule has 3 heterocycles. The number of nitrogens with zero attached hydrogens (tertiary/aromatic N) is 5. The molecule has 1 aromatic heterocycles. The van der Waals surface area contributed by atoms with E-state index in [0.29, 0.717) is 29.8 Å². The normalized spacial score (nSPS) is 25.5. The van der Waals surface area contributed by atoms with Crippen LogP contribution < -0.4 is 10.2 Å². The van der Waals surface area contributed by atoms with Crippen LogP contribution in [0.15, 0.2) is 43.1 Å². The van der Waals surface area contributed by atoms with E-state index in [9.17, 15) is 9.59 Å². The predicted molar refractivity (Wildman–Crippen MR) is 149 cm³/mol. The summed E-state index contributed by atoms with van der Waals surface area (Å²) < 4.78 is 5.20. The van der Waals surface area contributed by atoms with Crippen LogP contribution in [0.4, 0.5) is 16.6 Å². The lowest BCUT2D eigenvalue weighted by Crippen LogP contribution is -2.55. The van der Waals surface area contributed by atoms with Gasteiger partial charge in [-0.2, -0.15) is 4.98 Å². The van der Waals surface area contributed by atoms with Crippen LogP contribution in [-0.4, -0.2) is 64.5 Å². The number of amides is 2. The minimum atomic E-state index is -0.375. The van der Waals surface area contributed by atoms with E-state index in [1.165, 1.54) is 42.2 Å². The molecule has 9 nitrogen and oxygen atoms in total. The minimum Gasteiger partial charge on any atom is -0.444 e. The van der Waals surface area contributed by atoms with E-state index in [0.717, 1.165) is 43.2 Å². The van der Waals surface area contributed by atoms with Crippen molar-refractivity contribution in [3.63, 3.8) is 0 Å². The Balaban J connectivity index is 1.15. The molecule has 4 fully saturated rings. The summed E-state index contributed by atoms with van der Waals surface area (Å²) in [6, 6.07) is 9.31. The zero-order valence-electron chi connectivity index (χ0n) is 22.9. The topological polar surface area (TPSA) is 90.9 Å². The number of ether oxygens (including phenoxy) is 1. The van der Waals surface area contributed by atoms with Crippen molar-refractivity contribution in [2.24, 2.45) is 11.3 Å². The van der Waals surface area contributed by atoms with Gasteiger partial charge in [-0.1, -0.05) is 30.8 Å². The van der Waals surface area contributed by atoms with Crippen molar-refractivity contribution in [3.05, 3.63) is 59.8 Å². The van der Waals surface area contributed by atoms with Gasteiger partial charge in [0, 0.05) is 45.0 Å². The third-order valence-electron chi connectivity index (χ3n) is 9.18. The molecule has 2 atom stereocenters. The Kier molecular flexibility index (Phi) is 6.79. The largest absolute Gasteiger partial charge is 0.444 e. The molecule has 1 saturated heterocycles. The van der Waals surface area contributed by atoms with Crippen LogP contribution in [0.5, 0.6) is 0 Å². The number of anilines is 2. The number of hydrogen-bond donors (Lipinski definition) is 1. The van der Waals surface area contributed by atoms with E-state index in [-0.39, 0.29) is 24.6 Å². The lowest BCUT2D eigenvalue weighted by Gasteiger charge is -2.64. The molecule has 0 radical (unpaired) electrons. The van der Waals surface area contributed by atoms with Crippen molar-refractivity contribution < 1.29 is 14.3 Å². The molecule has 1 N–H and O–H groups in total. The second-order valence-electron chi connectivity index (χ2n) is 11.6. The summed E-state index contributed by atoms with van der Waals surface area (Å²) in [5.41, 5.74) is 3.83. The van der Waals surface area contributed by atoms with E-state index in [1.807, 2.05) is 11.8 Å². The maximum Gasteiger partial charge on any atom is 0.415 e. The number of rotatable bonds is 9. The molecule has 39 heavy (non-hydrogen) atoms. The second-order valence-corrected chi connectivity index (χ2v) is 11.6. The first kappa shape index (κ1) is 25.8. The average molecular weight is 531 g/mol. The maximum absolute atomic E-state index is 12.1. The van der Waals surface area contributed by atoms with Crippen molar-refractivity contribution >= 4 is 23.8 Å². The Morgan fingerprint density at radius 3 is 2.49 bits per heavy atom. The van der Waals surface area contributed by atoms with E-state index in [2.05, 4.69) is 58.0 Å². The zero-order valence-corrected chi connectivity index (χ0v) is 22.9. The van der Waals surface area contributed by atoms with Crippen LogP contribution in [0.25, 0.3) is 0 Å². The van der Waals surface area contributed by atoms with Gasteiger partial charge in [0.25, 0.3) is 0 Å². The summed E-state index contributed by atoms with van der Waals surface area (Å²) in [6.45, 7) is 11.6. The van der Waals surface area contributed by atoms with E-state index in [4.69, 9.17) is 4.74 Å². The van der Waals surface area contributed by atoms with Gasteiger partial charge < -0.3 is 15.0 Å². The molecule has 0 unspecified atom stereocenters. The summed E-state index contributed by atoms with van der Waals surface area (Å²) in [4.78, 5) is 39.3. The highest BCUT2D eigenvalue weighted by atomic mass is 16.6. The molecule has 3 saturated carbocycles. The Labute approximate surface area is 230 Å². The second kappa shape index (κ2) is 10.3. The molecular weight excluding hydrogens is 492 g/mol. The average Bonchev–Trinajstić information content (AvgIpc) is 2.91. The summed E-state index contributed by atoms with van der Waals surface area (Å²) in [5, 5.41) is 3.41. The van der Waals surface area contributed by atoms with Crippen molar-refractivity contribution in [2.45, 2.75) is 58.2 Å². The summed E-state index contributed by atoms with van der Waals surface area (Å²) in [5.74, 6) is 2.09. The molecular formula is C30H38N6O3. The van der Waals surface area contributed by atoms with Gasteiger partial charge in [0.1, 0.15) is 12.4 Å². The number of hydrogen-bond acceptors (Lipinski definition) is 7. The fraction of sp³-hybridized carbons (Fsp3) is 0.533. The molecule has 3 aliphatic carbocycles. The first-order valence-electron chi connectivity index (χ1n) is 14.2. The quantitative estimate of drug-likeness (QED) is 0.471. The number of cyclic esters (lactones) is 1. The molecule has 1 aromatic carbocycles. The number of carbonyl (C=O) groups is 2. The van der Waals surface area contributed by atoms with Gasteiger partial charge >= 0.3 is 6.09 Å². The molecule has 9 heteroatoms. The van der Waals surface area contributed by atoms with Gasteiger partial charge in [-0.15, -0.1) is 0 Å². The van der Waals surface area contributed by atoms with E-state index < -0.39 is 0 Å². The van der Waals surface area contributed by atoms with Crippen molar-refractivity contribution in [2.75, 3.05) is 42.9 Å². The Hall–Kier alpha value is -3.46. The summed E-state index contributed by atoms with van der Waals surface area (Å²) in [7, 11) is 0. The van der Waals surface area contributed by atoms with Crippen LogP contribution in [-0.2, 0) is 16.1 Å². The molecule has 5 aliphatic rings. The van der Waals surface area contributed by atoms with Gasteiger partial charge in [-0.25, -0.2) is 9.78 Å². The lowest BCUT2D eigenvalue weighted by atomic mass is 9.42. The summed E-state index contributed by atoms with van der Waals surface area (Å²) in [6.07, 6.45) is 8.12. The molecule has 0 spiro atoms. The highest BCUT2D eigenvalue weighted by Gasteiger charge is 2.57. The smallest absolute Gasteiger partial charge is 0.415 e. The fourth-order valence-corrected chi connectivity index (χ4v) is 6.83. The van der Waals surface area contributed by atoms with Crippen molar-refractivity contribution in [1.29, 1.82) is 0 Å². The first-order valence-corrected chi connectivity index (χ1v) is 14.2. The van der Waals surface area contributed by atoms with Gasteiger partial charge in [-0.05, 0) is 68.1 Å². The van der Waals surface area contributed by atoms with Crippen LogP contribution in [0.1, 0.15) is 68.3 Å². The molecule has 2 aromatic rings. The first-order chi connectivity index (χ1) is 18.9. The number of benzene rings is 1. The van der Waals surface area contributed by atoms with Crippen LogP contribution in [0.3, 0.4) is 0 Å². The number of fused-ring (bicyclic) bond motifs is 1. The van der Waals surface area contributed by atoms with Gasteiger partial charge in [0.05, 0.1) is 11.6 Å².